The Labute approximate surface area is 122 Å². The molecule has 20 heavy (non-hydrogen) atoms. The first-order valence-electron chi connectivity index (χ1n) is 7.35. The third-order valence-corrected chi connectivity index (χ3v) is 4.74. The van der Waals surface area contributed by atoms with Gasteiger partial charge in [0.15, 0.2) is 0 Å². The number of aryl methyl sites for hydroxylation is 2. The molecule has 0 atom stereocenters. The number of carbonyl (C=O) groups excluding carboxylic acids is 1. The number of carbonyl (C=O) groups is 1. The van der Waals surface area contributed by atoms with E-state index in [1.807, 2.05) is 32.6 Å². The molecule has 0 fully saturated rings. The van der Waals surface area contributed by atoms with Crippen LogP contribution in [0.2, 0.25) is 0 Å². The van der Waals surface area contributed by atoms with E-state index >= 15 is 0 Å². The lowest BCUT2D eigenvalue weighted by molar-refractivity contribution is -0.129. The lowest BCUT2D eigenvalue weighted by Gasteiger charge is -2.42. The predicted molar refractivity (Wildman–Crippen MR) is 83.9 cm³/mol. The molecule has 0 bridgehead atoms. The number of benzene rings is 1. The Morgan fingerprint density at radius 2 is 1.90 bits per heavy atom. The van der Waals surface area contributed by atoms with Crippen molar-refractivity contribution in [2.24, 2.45) is 11.1 Å². The van der Waals surface area contributed by atoms with Crippen molar-refractivity contribution in [1.82, 2.24) is 0 Å². The Morgan fingerprint density at radius 1 is 1.25 bits per heavy atom. The van der Waals surface area contributed by atoms with Gasteiger partial charge < -0.3 is 10.6 Å². The fraction of sp³-hybridized carbons (Fsp3) is 0.588. The highest BCUT2D eigenvalue weighted by atomic mass is 16.2. The zero-order valence-electron chi connectivity index (χ0n) is 13.3. The topological polar surface area (TPSA) is 46.3 Å². The highest BCUT2D eigenvalue weighted by Gasteiger charge is 2.43. The Bertz CT molecular complexity index is 526. The highest BCUT2D eigenvalue weighted by Crippen LogP contribution is 2.36. The minimum atomic E-state index is -0.591. The molecule has 110 valence electrons. The molecule has 0 unspecified atom stereocenters. The molecule has 1 aromatic carbocycles. The summed E-state index contributed by atoms with van der Waals surface area (Å²) in [7, 11) is 0. The molecule has 3 heteroatoms. The van der Waals surface area contributed by atoms with Crippen molar-refractivity contribution in [2.45, 2.75) is 53.0 Å². The number of nitrogens with zero attached hydrogens (tertiary/aromatic N) is 1. The largest absolute Gasteiger partial charge is 0.325 e. The monoisotopic (exact) mass is 274 g/mol. The summed E-state index contributed by atoms with van der Waals surface area (Å²) in [5.41, 5.74) is 8.66. The highest BCUT2D eigenvalue weighted by molar-refractivity contribution is 5.99. The predicted octanol–water partition coefficient (Wildman–Crippen LogP) is 3.04. The second kappa shape index (κ2) is 4.88. The van der Waals surface area contributed by atoms with E-state index in [0.717, 1.165) is 25.1 Å². The van der Waals surface area contributed by atoms with Crippen LogP contribution in [0.1, 0.15) is 45.2 Å². The molecule has 0 aliphatic carbocycles. The van der Waals surface area contributed by atoms with E-state index in [0.29, 0.717) is 0 Å². The normalized spacial score (nSPS) is 16.0. The lowest BCUT2D eigenvalue weighted by atomic mass is 9.73. The van der Waals surface area contributed by atoms with Crippen LogP contribution < -0.4 is 10.6 Å². The van der Waals surface area contributed by atoms with Crippen LogP contribution in [-0.4, -0.2) is 18.0 Å². The Balaban J connectivity index is 2.39. The van der Waals surface area contributed by atoms with Gasteiger partial charge in [-0.05, 0) is 59.1 Å². The van der Waals surface area contributed by atoms with Crippen LogP contribution >= 0.6 is 0 Å². The fourth-order valence-electron chi connectivity index (χ4n) is 2.55. The summed E-state index contributed by atoms with van der Waals surface area (Å²) in [6, 6.07) is 6.34. The van der Waals surface area contributed by atoms with E-state index in [4.69, 9.17) is 5.73 Å². The summed E-state index contributed by atoms with van der Waals surface area (Å²) in [5, 5.41) is 0. The van der Waals surface area contributed by atoms with Crippen LogP contribution in [0.5, 0.6) is 0 Å². The molecule has 1 amide bonds. The van der Waals surface area contributed by atoms with Crippen LogP contribution in [-0.2, 0) is 11.2 Å². The number of hydrogen-bond acceptors (Lipinski definition) is 2. The Kier molecular flexibility index (Phi) is 3.67. The van der Waals surface area contributed by atoms with Gasteiger partial charge in [0, 0.05) is 17.8 Å². The van der Waals surface area contributed by atoms with Gasteiger partial charge in [-0.15, -0.1) is 0 Å². The molecule has 3 nitrogen and oxygen atoms in total. The first-order valence-corrected chi connectivity index (χ1v) is 7.35. The van der Waals surface area contributed by atoms with Crippen molar-refractivity contribution in [3.63, 3.8) is 0 Å². The summed E-state index contributed by atoms with van der Waals surface area (Å²) < 4.78 is 0. The third-order valence-electron chi connectivity index (χ3n) is 4.74. The zero-order valence-corrected chi connectivity index (χ0v) is 13.3. The van der Waals surface area contributed by atoms with Crippen LogP contribution in [0.25, 0.3) is 0 Å². The van der Waals surface area contributed by atoms with Crippen molar-refractivity contribution in [3.05, 3.63) is 29.3 Å². The van der Waals surface area contributed by atoms with Crippen molar-refractivity contribution in [2.75, 3.05) is 11.4 Å². The molecule has 0 aromatic heterocycles. The summed E-state index contributed by atoms with van der Waals surface area (Å²) in [6.07, 6.45) is 2.07. The maximum atomic E-state index is 13.0. The van der Waals surface area contributed by atoms with Gasteiger partial charge >= 0.3 is 0 Å². The number of amides is 1. The van der Waals surface area contributed by atoms with Gasteiger partial charge in [0.2, 0.25) is 5.91 Å². The number of hydrogen-bond donors (Lipinski definition) is 1. The van der Waals surface area contributed by atoms with Gasteiger partial charge in [-0.1, -0.05) is 17.7 Å². The van der Waals surface area contributed by atoms with E-state index in [2.05, 4.69) is 25.1 Å². The molecule has 1 aromatic rings. The minimum Gasteiger partial charge on any atom is -0.325 e. The fourth-order valence-corrected chi connectivity index (χ4v) is 2.55. The average Bonchev–Trinajstić information content (AvgIpc) is 2.35. The molecule has 0 radical (unpaired) electrons. The van der Waals surface area contributed by atoms with Crippen molar-refractivity contribution in [1.29, 1.82) is 0 Å². The second-order valence-electron chi connectivity index (χ2n) is 7.04. The van der Waals surface area contributed by atoms with Gasteiger partial charge in [0.05, 0.1) is 5.41 Å². The van der Waals surface area contributed by atoms with E-state index in [-0.39, 0.29) is 5.91 Å². The molecule has 0 spiro atoms. The second-order valence-corrected chi connectivity index (χ2v) is 7.04. The summed E-state index contributed by atoms with van der Waals surface area (Å²) in [4.78, 5) is 14.9. The molecular weight excluding hydrogens is 248 g/mol. The quantitative estimate of drug-likeness (QED) is 0.901. The third kappa shape index (κ3) is 2.47. The number of nitrogens with two attached hydrogens (primary N) is 1. The van der Waals surface area contributed by atoms with Gasteiger partial charge in [-0.25, -0.2) is 0 Å². The Morgan fingerprint density at radius 3 is 2.50 bits per heavy atom. The van der Waals surface area contributed by atoms with Gasteiger partial charge in [0.25, 0.3) is 0 Å². The van der Waals surface area contributed by atoms with Gasteiger partial charge in [-0.2, -0.15) is 0 Å². The van der Waals surface area contributed by atoms with E-state index < -0.39 is 11.0 Å². The van der Waals surface area contributed by atoms with E-state index in [9.17, 15) is 4.79 Å². The maximum Gasteiger partial charge on any atom is 0.234 e. The average molecular weight is 274 g/mol. The van der Waals surface area contributed by atoms with Crippen LogP contribution in [0.3, 0.4) is 0 Å². The Hall–Kier alpha value is -1.35. The molecular formula is C17H26N2O. The van der Waals surface area contributed by atoms with Crippen molar-refractivity contribution >= 4 is 11.6 Å². The number of rotatable bonds is 2. The van der Waals surface area contributed by atoms with Gasteiger partial charge in [-0.3, -0.25) is 4.79 Å². The number of fused-ring (bicyclic) bond motifs is 1. The molecule has 1 heterocycles. The van der Waals surface area contributed by atoms with Crippen molar-refractivity contribution in [3.8, 4) is 0 Å². The molecule has 0 saturated heterocycles. The smallest absolute Gasteiger partial charge is 0.234 e. The van der Waals surface area contributed by atoms with Crippen LogP contribution in [0.4, 0.5) is 5.69 Å². The van der Waals surface area contributed by atoms with Crippen LogP contribution in [0.15, 0.2) is 18.2 Å². The molecule has 2 N–H and O–H groups in total. The van der Waals surface area contributed by atoms with E-state index in [1.165, 1.54) is 11.1 Å². The molecule has 2 rings (SSSR count). The van der Waals surface area contributed by atoms with Gasteiger partial charge in [0.1, 0.15) is 0 Å². The molecule has 0 saturated carbocycles. The summed E-state index contributed by atoms with van der Waals surface area (Å²) in [6.45, 7) is 10.6. The molecule has 1 aliphatic heterocycles. The first kappa shape index (κ1) is 15.0. The number of anilines is 1. The van der Waals surface area contributed by atoms with Crippen molar-refractivity contribution < 1.29 is 4.79 Å². The standard InChI is InChI=1S/C17H26N2O/c1-12-8-9-14-13(11-12)7-6-10-19(14)15(20)16(2,3)17(4,5)18/h8-9,11H,6-7,10,18H2,1-5H3. The van der Waals surface area contributed by atoms with Crippen LogP contribution in [0, 0.1) is 12.3 Å². The maximum absolute atomic E-state index is 13.0. The minimum absolute atomic E-state index is 0.120. The summed E-state index contributed by atoms with van der Waals surface area (Å²) in [5.74, 6) is 0.120. The SMILES string of the molecule is Cc1ccc2c(c1)CCCN2C(=O)C(C)(C)C(C)(C)N. The lowest BCUT2D eigenvalue weighted by Crippen LogP contribution is -2.57. The zero-order chi connectivity index (χ0) is 15.1. The van der Waals surface area contributed by atoms with E-state index in [1.54, 1.807) is 0 Å². The first-order chi connectivity index (χ1) is 9.14. The summed E-state index contributed by atoms with van der Waals surface area (Å²) >= 11 is 0. The molecule has 1 aliphatic rings.